The highest BCUT2D eigenvalue weighted by molar-refractivity contribution is 5.83. The Morgan fingerprint density at radius 1 is 1.32 bits per heavy atom. The molecule has 2 fully saturated rings. The third-order valence-corrected chi connectivity index (χ3v) is 3.97. The van der Waals surface area contributed by atoms with Crippen molar-refractivity contribution in [3.8, 4) is 17.1 Å². The zero-order valence-electron chi connectivity index (χ0n) is 11.9. The third kappa shape index (κ3) is 2.08. The lowest BCUT2D eigenvalue weighted by Gasteiger charge is -2.26. The fourth-order valence-corrected chi connectivity index (χ4v) is 2.82. The number of aromatic nitrogens is 4. The second-order valence-corrected chi connectivity index (χ2v) is 5.25. The summed E-state index contributed by atoms with van der Waals surface area (Å²) in [5.41, 5.74) is 0.847. The number of ketones is 1. The van der Waals surface area contributed by atoms with Crippen molar-refractivity contribution >= 4 is 5.78 Å². The standard InChI is InChI=1S/C14H14N4O4/c1-20-9-4-2-8(3-5-9)13-15-16-17-18(13)10-6-11(19)14-21-7-12(10)22-14/h2-5,10,12,14H,6-7H2,1H3. The van der Waals surface area contributed by atoms with Crippen molar-refractivity contribution in [3.05, 3.63) is 24.3 Å². The van der Waals surface area contributed by atoms with Gasteiger partial charge >= 0.3 is 0 Å². The minimum atomic E-state index is -0.720. The van der Waals surface area contributed by atoms with E-state index in [9.17, 15) is 4.79 Å². The number of hydrogen-bond donors (Lipinski definition) is 0. The number of benzene rings is 1. The minimum absolute atomic E-state index is 0.0741. The maximum atomic E-state index is 11.9. The number of methoxy groups -OCH3 is 1. The predicted octanol–water partition coefficient (Wildman–Crippen LogP) is 0.604. The molecule has 0 N–H and O–H groups in total. The fourth-order valence-electron chi connectivity index (χ4n) is 2.82. The van der Waals surface area contributed by atoms with Gasteiger partial charge in [0.25, 0.3) is 0 Å². The van der Waals surface area contributed by atoms with Gasteiger partial charge < -0.3 is 14.2 Å². The molecule has 0 amide bonds. The Hall–Kier alpha value is -2.32. The molecule has 8 heteroatoms. The molecular weight excluding hydrogens is 288 g/mol. The molecule has 2 bridgehead atoms. The summed E-state index contributed by atoms with van der Waals surface area (Å²) in [5.74, 6) is 1.27. The monoisotopic (exact) mass is 302 g/mol. The van der Waals surface area contributed by atoms with Crippen LogP contribution in [0.1, 0.15) is 12.5 Å². The van der Waals surface area contributed by atoms with Crippen molar-refractivity contribution in [1.82, 2.24) is 20.2 Å². The van der Waals surface area contributed by atoms with Crippen LogP contribution in [0.15, 0.2) is 24.3 Å². The van der Waals surface area contributed by atoms with E-state index in [-0.39, 0.29) is 17.9 Å². The minimum Gasteiger partial charge on any atom is -0.497 e. The van der Waals surface area contributed by atoms with Crippen LogP contribution in [0.4, 0.5) is 0 Å². The first kappa shape index (κ1) is 13.4. The second kappa shape index (κ2) is 5.15. The van der Waals surface area contributed by atoms with E-state index < -0.39 is 6.29 Å². The van der Waals surface area contributed by atoms with E-state index in [1.165, 1.54) is 0 Å². The molecule has 2 aliphatic rings. The molecule has 2 saturated heterocycles. The first-order valence-corrected chi connectivity index (χ1v) is 6.98. The third-order valence-electron chi connectivity index (χ3n) is 3.97. The molecule has 4 rings (SSSR count). The summed E-state index contributed by atoms with van der Waals surface area (Å²) in [5, 5.41) is 11.9. The van der Waals surface area contributed by atoms with E-state index in [1.54, 1.807) is 11.8 Å². The molecule has 1 aromatic carbocycles. The summed E-state index contributed by atoms with van der Waals surface area (Å²) in [6.45, 7) is 0.378. The Kier molecular flexibility index (Phi) is 3.12. The second-order valence-electron chi connectivity index (χ2n) is 5.25. The van der Waals surface area contributed by atoms with Crippen LogP contribution in [0.2, 0.25) is 0 Å². The zero-order valence-corrected chi connectivity index (χ0v) is 11.9. The van der Waals surface area contributed by atoms with E-state index in [0.717, 1.165) is 11.3 Å². The average Bonchev–Trinajstić information content (AvgIpc) is 3.20. The number of tetrazole rings is 1. The van der Waals surface area contributed by atoms with Crippen LogP contribution in [0.25, 0.3) is 11.4 Å². The molecule has 0 aliphatic carbocycles. The van der Waals surface area contributed by atoms with Crippen LogP contribution in [0.3, 0.4) is 0 Å². The van der Waals surface area contributed by atoms with Crippen LogP contribution in [-0.2, 0) is 14.3 Å². The topological polar surface area (TPSA) is 88.4 Å². The van der Waals surface area contributed by atoms with Crippen LogP contribution < -0.4 is 4.74 Å². The number of Topliss-reactive ketones (excluding diaryl/α,β-unsaturated/α-hetero) is 1. The number of nitrogens with zero attached hydrogens (tertiary/aromatic N) is 4. The number of rotatable bonds is 3. The van der Waals surface area contributed by atoms with E-state index in [0.29, 0.717) is 18.9 Å². The maximum absolute atomic E-state index is 11.9. The fraction of sp³-hybridized carbons (Fsp3) is 0.429. The normalized spacial score (nSPS) is 27.1. The molecule has 0 radical (unpaired) electrons. The van der Waals surface area contributed by atoms with Crippen LogP contribution in [0.5, 0.6) is 5.75 Å². The summed E-state index contributed by atoms with van der Waals surface area (Å²) in [7, 11) is 1.61. The Morgan fingerprint density at radius 3 is 2.91 bits per heavy atom. The van der Waals surface area contributed by atoms with Crippen molar-refractivity contribution in [2.24, 2.45) is 0 Å². The highest BCUT2D eigenvalue weighted by Crippen LogP contribution is 2.34. The van der Waals surface area contributed by atoms with Crippen molar-refractivity contribution in [1.29, 1.82) is 0 Å². The summed E-state index contributed by atoms with van der Waals surface area (Å²) in [6, 6.07) is 7.18. The van der Waals surface area contributed by atoms with Gasteiger partial charge in [0, 0.05) is 12.0 Å². The number of ether oxygens (including phenoxy) is 3. The summed E-state index contributed by atoms with van der Waals surface area (Å²) >= 11 is 0. The van der Waals surface area contributed by atoms with Gasteiger partial charge in [-0.15, -0.1) is 5.10 Å². The molecule has 2 aliphatic heterocycles. The zero-order chi connectivity index (χ0) is 15.1. The van der Waals surface area contributed by atoms with E-state index in [2.05, 4.69) is 15.5 Å². The first-order valence-electron chi connectivity index (χ1n) is 6.98. The SMILES string of the molecule is COc1ccc(-c2nnnn2C2CC(=O)C3OCC2O3)cc1. The Labute approximate surface area is 126 Å². The lowest BCUT2D eigenvalue weighted by Crippen LogP contribution is -2.37. The van der Waals surface area contributed by atoms with Gasteiger partial charge in [0.1, 0.15) is 11.9 Å². The van der Waals surface area contributed by atoms with Gasteiger partial charge in [-0.25, -0.2) is 4.68 Å². The van der Waals surface area contributed by atoms with E-state index >= 15 is 0 Å². The molecule has 2 aromatic rings. The van der Waals surface area contributed by atoms with Gasteiger partial charge in [-0.1, -0.05) is 0 Å². The molecule has 114 valence electrons. The van der Waals surface area contributed by atoms with Crippen molar-refractivity contribution in [3.63, 3.8) is 0 Å². The van der Waals surface area contributed by atoms with E-state index in [4.69, 9.17) is 14.2 Å². The van der Waals surface area contributed by atoms with Crippen molar-refractivity contribution < 1.29 is 19.0 Å². The molecule has 1 aromatic heterocycles. The largest absolute Gasteiger partial charge is 0.497 e. The average molecular weight is 302 g/mol. The Bertz CT molecular complexity index is 699. The molecular formula is C14H14N4O4. The molecule has 3 atom stereocenters. The molecule has 0 saturated carbocycles. The van der Waals surface area contributed by atoms with Gasteiger partial charge in [0.2, 0.25) is 6.29 Å². The molecule has 3 heterocycles. The highest BCUT2D eigenvalue weighted by Gasteiger charge is 2.45. The smallest absolute Gasteiger partial charge is 0.218 e. The Morgan fingerprint density at radius 2 is 2.14 bits per heavy atom. The number of fused-ring (bicyclic) bond motifs is 2. The van der Waals surface area contributed by atoms with E-state index in [1.807, 2.05) is 24.3 Å². The van der Waals surface area contributed by atoms with Crippen LogP contribution in [-0.4, -0.2) is 52.1 Å². The van der Waals surface area contributed by atoms with Gasteiger partial charge in [-0.3, -0.25) is 4.79 Å². The number of hydrogen-bond acceptors (Lipinski definition) is 7. The highest BCUT2D eigenvalue weighted by atomic mass is 16.7. The molecule has 3 unspecified atom stereocenters. The van der Waals surface area contributed by atoms with Gasteiger partial charge in [-0.05, 0) is 34.7 Å². The number of carbonyl (C=O) groups excluding carboxylic acids is 1. The van der Waals surface area contributed by atoms with Crippen LogP contribution >= 0.6 is 0 Å². The quantitative estimate of drug-likeness (QED) is 0.820. The maximum Gasteiger partial charge on any atom is 0.218 e. The van der Waals surface area contributed by atoms with Crippen LogP contribution in [0, 0.1) is 0 Å². The first-order chi connectivity index (χ1) is 10.8. The van der Waals surface area contributed by atoms with Gasteiger partial charge in [0.15, 0.2) is 11.6 Å². The molecule has 22 heavy (non-hydrogen) atoms. The number of carbonyl (C=O) groups is 1. The summed E-state index contributed by atoms with van der Waals surface area (Å²) in [6.07, 6.45) is -0.617. The predicted molar refractivity (Wildman–Crippen MR) is 73.1 cm³/mol. The summed E-state index contributed by atoms with van der Waals surface area (Å²) < 4.78 is 17.7. The van der Waals surface area contributed by atoms with Crippen molar-refractivity contribution in [2.45, 2.75) is 24.9 Å². The molecule has 8 nitrogen and oxygen atoms in total. The lowest BCUT2D eigenvalue weighted by molar-refractivity contribution is -0.156. The Balaban J connectivity index is 1.68. The van der Waals surface area contributed by atoms with Gasteiger partial charge in [0.05, 0.1) is 19.8 Å². The van der Waals surface area contributed by atoms with Gasteiger partial charge in [-0.2, -0.15) is 0 Å². The molecule has 0 spiro atoms. The van der Waals surface area contributed by atoms with Crippen molar-refractivity contribution in [2.75, 3.05) is 13.7 Å². The lowest BCUT2D eigenvalue weighted by atomic mass is 10.0. The summed E-state index contributed by atoms with van der Waals surface area (Å²) in [4.78, 5) is 11.9.